The Morgan fingerprint density at radius 2 is 1.81 bits per heavy atom. The fraction of sp³-hybridized carbons (Fsp3) is 0.429. The summed E-state index contributed by atoms with van der Waals surface area (Å²) in [6.45, 7) is 5.03. The van der Waals surface area contributed by atoms with Crippen molar-refractivity contribution in [3.05, 3.63) is 27.7 Å². The Morgan fingerprint density at radius 3 is 2.29 bits per heavy atom. The van der Waals surface area contributed by atoms with Gasteiger partial charge < -0.3 is 20.8 Å². The van der Waals surface area contributed by atoms with Crippen molar-refractivity contribution in [3.63, 3.8) is 0 Å². The maximum absolute atomic E-state index is 11.8. The highest BCUT2D eigenvalue weighted by Crippen LogP contribution is 2.24. The number of benzene rings is 1. The minimum absolute atomic E-state index is 0.153. The van der Waals surface area contributed by atoms with E-state index in [1.165, 1.54) is 6.92 Å². The molecule has 0 spiro atoms. The second-order valence-electron chi connectivity index (χ2n) is 5.30. The van der Waals surface area contributed by atoms with E-state index in [1.807, 2.05) is 26.0 Å². The van der Waals surface area contributed by atoms with E-state index in [1.54, 1.807) is 0 Å². The number of amides is 2. The fourth-order valence-electron chi connectivity index (χ4n) is 1.85. The molecule has 0 aliphatic heterocycles. The lowest BCUT2D eigenvalue weighted by Crippen LogP contribution is -2.43. The first-order valence-corrected chi connectivity index (χ1v) is 7.16. The van der Waals surface area contributed by atoms with Crippen molar-refractivity contribution in [1.82, 2.24) is 5.32 Å². The van der Waals surface area contributed by atoms with Gasteiger partial charge >= 0.3 is 12.0 Å². The maximum atomic E-state index is 11.8. The zero-order chi connectivity index (χ0) is 16.2. The monoisotopic (exact) mass is 358 g/mol. The summed E-state index contributed by atoms with van der Waals surface area (Å²) < 4.78 is 0.984. The third-order valence-corrected chi connectivity index (χ3v) is 4.11. The van der Waals surface area contributed by atoms with Crippen LogP contribution >= 0.6 is 15.9 Å². The minimum Gasteiger partial charge on any atom is -0.481 e. The summed E-state index contributed by atoms with van der Waals surface area (Å²) in [7, 11) is 0. The molecular formula is C14H19BrN2O4. The highest BCUT2D eigenvalue weighted by molar-refractivity contribution is 9.10. The first kappa shape index (κ1) is 17.5. The van der Waals surface area contributed by atoms with Gasteiger partial charge in [0.05, 0.1) is 12.0 Å². The largest absolute Gasteiger partial charge is 0.481 e. The number of carbonyl (C=O) groups is 2. The predicted octanol–water partition coefficient (Wildman–Crippen LogP) is 2.41. The minimum atomic E-state index is -1.49. The van der Waals surface area contributed by atoms with Gasteiger partial charge in [-0.3, -0.25) is 4.79 Å². The molecule has 0 aliphatic rings. The molecule has 0 aliphatic carbocycles. The average Bonchev–Trinajstić information content (AvgIpc) is 2.32. The van der Waals surface area contributed by atoms with Crippen molar-refractivity contribution in [3.8, 4) is 0 Å². The van der Waals surface area contributed by atoms with Crippen LogP contribution in [0.1, 0.15) is 24.5 Å². The summed E-state index contributed by atoms with van der Waals surface area (Å²) in [6.07, 6.45) is -0.441. The predicted molar refractivity (Wildman–Crippen MR) is 83.5 cm³/mol. The first-order valence-electron chi connectivity index (χ1n) is 6.36. The number of hydrogen-bond donors (Lipinski definition) is 4. The Labute approximate surface area is 131 Å². The van der Waals surface area contributed by atoms with Gasteiger partial charge in [0.2, 0.25) is 0 Å². The number of nitrogens with one attached hydrogen (secondary N) is 2. The van der Waals surface area contributed by atoms with Gasteiger partial charge in [-0.2, -0.15) is 0 Å². The van der Waals surface area contributed by atoms with Crippen LogP contribution in [0.3, 0.4) is 0 Å². The van der Waals surface area contributed by atoms with Gasteiger partial charge in [-0.1, -0.05) is 15.9 Å². The van der Waals surface area contributed by atoms with Gasteiger partial charge in [-0.15, -0.1) is 0 Å². The Morgan fingerprint density at radius 1 is 1.29 bits per heavy atom. The molecule has 0 saturated heterocycles. The van der Waals surface area contributed by atoms with E-state index < -0.39 is 24.0 Å². The van der Waals surface area contributed by atoms with Crippen molar-refractivity contribution in [2.24, 2.45) is 0 Å². The van der Waals surface area contributed by atoms with Crippen molar-refractivity contribution < 1.29 is 19.8 Å². The van der Waals surface area contributed by atoms with Gasteiger partial charge in [0, 0.05) is 16.7 Å². The molecule has 1 unspecified atom stereocenters. The molecule has 1 aromatic carbocycles. The quantitative estimate of drug-likeness (QED) is 0.649. The summed E-state index contributed by atoms with van der Waals surface area (Å²) in [4.78, 5) is 22.3. The summed E-state index contributed by atoms with van der Waals surface area (Å²) in [6, 6.07) is 3.12. The lowest BCUT2D eigenvalue weighted by Gasteiger charge is -2.21. The second kappa shape index (κ2) is 6.91. The van der Waals surface area contributed by atoms with E-state index in [0.717, 1.165) is 15.6 Å². The summed E-state index contributed by atoms with van der Waals surface area (Å²) >= 11 is 3.44. The molecule has 116 valence electrons. The van der Waals surface area contributed by atoms with Gasteiger partial charge in [-0.05, 0) is 44.0 Å². The van der Waals surface area contributed by atoms with Crippen LogP contribution in [0.15, 0.2) is 16.6 Å². The number of carbonyl (C=O) groups excluding carboxylic acids is 1. The van der Waals surface area contributed by atoms with E-state index in [-0.39, 0.29) is 6.54 Å². The number of halogens is 1. The fourth-order valence-corrected chi connectivity index (χ4v) is 2.08. The SMILES string of the molecule is Cc1cc(NC(=O)NCC(C)(O)CC(=O)O)cc(C)c1Br. The van der Waals surface area contributed by atoms with Crippen molar-refractivity contribution in [2.75, 3.05) is 11.9 Å². The Hall–Kier alpha value is -1.60. The molecule has 0 aromatic heterocycles. The molecule has 6 nitrogen and oxygen atoms in total. The summed E-state index contributed by atoms with van der Waals surface area (Å²) in [5.41, 5.74) is 1.12. The molecule has 21 heavy (non-hydrogen) atoms. The number of aliphatic hydroxyl groups is 1. The van der Waals surface area contributed by atoms with Gasteiger partial charge in [0.1, 0.15) is 0 Å². The van der Waals surface area contributed by atoms with Crippen molar-refractivity contribution in [2.45, 2.75) is 32.8 Å². The van der Waals surface area contributed by atoms with Crippen LogP contribution in [0.5, 0.6) is 0 Å². The van der Waals surface area contributed by atoms with E-state index in [9.17, 15) is 14.7 Å². The maximum Gasteiger partial charge on any atom is 0.319 e. The number of hydrogen-bond acceptors (Lipinski definition) is 3. The van der Waals surface area contributed by atoms with Crippen LogP contribution in [0, 0.1) is 13.8 Å². The second-order valence-corrected chi connectivity index (χ2v) is 6.09. The topological polar surface area (TPSA) is 98.7 Å². The summed E-state index contributed by atoms with van der Waals surface area (Å²) in [5, 5.41) is 23.5. The Kier molecular flexibility index (Phi) is 5.74. The van der Waals surface area contributed by atoms with Crippen LogP contribution in [0.25, 0.3) is 0 Å². The van der Waals surface area contributed by atoms with Crippen LogP contribution in [0.4, 0.5) is 10.5 Å². The molecule has 4 N–H and O–H groups in total. The molecular weight excluding hydrogens is 340 g/mol. The highest BCUT2D eigenvalue weighted by Gasteiger charge is 2.24. The summed E-state index contributed by atoms with van der Waals surface area (Å²) in [5.74, 6) is -1.12. The van der Waals surface area contributed by atoms with Gasteiger partial charge in [0.15, 0.2) is 0 Å². The van der Waals surface area contributed by atoms with Gasteiger partial charge in [-0.25, -0.2) is 4.79 Å². The standard InChI is InChI=1S/C14H19BrN2O4/c1-8-4-10(5-9(2)12(8)15)17-13(20)16-7-14(3,21)6-11(18)19/h4-5,21H,6-7H2,1-3H3,(H,18,19)(H2,16,17,20). The number of rotatable bonds is 5. The molecule has 0 fully saturated rings. The normalized spacial score (nSPS) is 13.4. The average molecular weight is 359 g/mol. The van der Waals surface area contributed by atoms with E-state index in [2.05, 4.69) is 26.6 Å². The van der Waals surface area contributed by atoms with Crippen LogP contribution in [0.2, 0.25) is 0 Å². The lowest BCUT2D eigenvalue weighted by molar-refractivity contribution is -0.141. The first-order chi connectivity index (χ1) is 9.60. The number of carboxylic acid groups (broad SMARTS) is 1. The molecule has 7 heteroatoms. The molecule has 1 rings (SSSR count). The van der Waals surface area contributed by atoms with E-state index in [0.29, 0.717) is 5.69 Å². The molecule has 0 radical (unpaired) electrons. The van der Waals surface area contributed by atoms with Crippen LogP contribution in [-0.4, -0.2) is 34.4 Å². The molecule has 0 saturated carbocycles. The van der Waals surface area contributed by atoms with Crippen LogP contribution < -0.4 is 10.6 Å². The number of aliphatic carboxylic acids is 1. The molecule has 1 atom stereocenters. The third-order valence-electron chi connectivity index (χ3n) is 2.86. The highest BCUT2D eigenvalue weighted by atomic mass is 79.9. The van der Waals surface area contributed by atoms with E-state index >= 15 is 0 Å². The molecule has 0 bridgehead atoms. The smallest absolute Gasteiger partial charge is 0.319 e. The Balaban J connectivity index is 2.60. The molecule has 1 aromatic rings. The van der Waals surface area contributed by atoms with Crippen LogP contribution in [-0.2, 0) is 4.79 Å². The van der Waals surface area contributed by atoms with Crippen molar-refractivity contribution in [1.29, 1.82) is 0 Å². The van der Waals surface area contributed by atoms with Gasteiger partial charge in [0.25, 0.3) is 0 Å². The number of carboxylic acids is 1. The lowest BCUT2D eigenvalue weighted by atomic mass is 10.0. The zero-order valence-electron chi connectivity index (χ0n) is 12.2. The third kappa shape index (κ3) is 5.73. The zero-order valence-corrected chi connectivity index (χ0v) is 13.7. The molecule has 0 heterocycles. The van der Waals surface area contributed by atoms with E-state index in [4.69, 9.17) is 5.11 Å². The number of aryl methyl sites for hydroxylation is 2. The molecule has 2 amide bonds. The number of anilines is 1. The van der Waals surface area contributed by atoms with Crippen molar-refractivity contribution >= 4 is 33.6 Å². The Bertz CT molecular complexity index is 535. The number of urea groups is 1.